The molecule has 20 heavy (non-hydrogen) atoms. The second-order valence-corrected chi connectivity index (χ2v) is 4.21. The van der Waals surface area contributed by atoms with E-state index >= 15 is 0 Å². The van der Waals surface area contributed by atoms with Gasteiger partial charge in [-0.05, 0) is 36.4 Å². The van der Waals surface area contributed by atoms with E-state index in [0.717, 1.165) is 18.2 Å². The van der Waals surface area contributed by atoms with Crippen LogP contribution in [0.3, 0.4) is 0 Å². The number of hydrogen-bond acceptors (Lipinski definition) is 3. The van der Waals surface area contributed by atoms with Crippen LogP contribution in [0.5, 0.6) is 11.5 Å². The third kappa shape index (κ3) is 2.97. The number of rotatable bonds is 3. The molecule has 0 aliphatic heterocycles. The number of oxime groups is 1. The highest BCUT2D eigenvalue weighted by atomic mass is 35.5. The molecule has 0 amide bonds. The zero-order valence-corrected chi connectivity index (χ0v) is 10.7. The maximum absolute atomic E-state index is 13.8. The standard InChI is InChI=1S/C13H9ClF2N2O2/c14-9-6-8(15)2-4-11(9)20-12-3-1-7(5-10(12)16)13(17)18-19/h1-6,19H,(H2,17,18). The zero-order valence-electron chi connectivity index (χ0n) is 9.98. The van der Waals surface area contributed by atoms with Crippen LogP contribution in [0.2, 0.25) is 5.02 Å². The number of ether oxygens (including phenoxy) is 1. The molecule has 0 saturated carbocycles. The highest BCUT2D eigenvalue weighted by Gasteiger charge is 2.10. The van der Waals surface area contributed by atoms with Crippen molar-refractivity contribution in [1.82, 2.24) is 0 Å². The maximum Gasteiger partial charge on any atom is 0.170 e. The molecular formula is C13H9ClF2N2O2. The molecule has 0 heterocycles. The van der Waals surface area contributed by atoms with Crippen molar-refractivity contribution in [2.75, 3.05) is 0 Å². The predicted molar refractivity (Wildman–Crippen MR) is 70.4 cm³/mol. The van der Waals surface area contributed by atoms with E-state index < -0.39 is 11.6 Å². The van der Waals surface area contributed by atoms with E-state index in [2.05, 4.69) is 5.16 Å². The van der Waals surface area contributed by atoms with E-state index in [1.54, 1.807) is 0 Å². The molecule has 7 heteroatoms. The van der Waals surface area contributed by atoms with Gasteiger partial charge < -0.3 is 15.7 Å². The number of benzene rings is 2. The Balaban J connectivity index is 2.30. The van der Waals surface area contributed by atoms with E-state index in [0.29, 0.717) is 0 Å². The number of halogens is 3. The highest BCUT2D eigenvalue weighted by molar-refractivity contribution is 6.32. The van der Waals surface area contributed by atoms with E-state index in [-0.39, 0.29) is 27.9 Å². The predicted octanol–water partition coefficient (Wildman–Crippen LogP) is 3.51. The summed E-state index contributed by atoms with van der Waals surface area (Å²) in [5.74, 6) is -1.48. The summed E-state index contributed by atoms with van der Waals surface area (Å²) >= 11 is 5.78. The minimum atomic E-state index is -0.727. The van der Waals surface area contributed by atoms with Gasteiger partial charge in [0.2, 0.25) is 0 Å². The second kappa shape index (κ2) is 5.75. The van der Waals surface area contributed by atoms with Crippen molar-refractivity contribution in [3.8, 4) is 11.5 Å². The van der Waals surface area contributed by atoms with Crippen LogP contribution in [-0.4, -0.2) is 11.0 Å². The van der Waals surface area contributed by atoms with Gasteiger partial charge in [0.25, 0.3) is 0 Å². The van der Waals surface area contributed by atoms with E-state index in [1.807, 2.05) is 0 Å². The van der Waals surface area contributed by atoms with Gasteiger partial charge in [-0.2, -0.15) is 0 Å². The Morgan fingerprint density at radius 3 is 2.45 bits per heavy atom. The molecule has 2 aromatic carbocycles. The molecule has 0 radical (unpaired) electrons. The van der Waals surface area contributed by atoms with Gasteiger partial charge in [-0.1, -0.05) is 16.8 Å². The average Bonchev–Trinajstić information content (AvgIpc) is 2.42. The van der Waals surface area contributed by atoms with Gasteiger partial charge in [0.15, 0.2) is 17.4 Å². The third-order valence-corrected chi connectivity index (χ3v) is 2.74. The molecule has 0 unspecified atom stereocenters. The van der Waals surface area contributed by atoms with Gasteiger partial charge in [0.1, 0.15) is 11.6 Å². The minimum Gasteiger partial charge on any atom is -0.453 e. The molecule has 0 aromatic heterocycles. The van der Waals surface area contributed by atoms with Gasteiger partial charge in [-0.15, -0.1) is 0 Å². The summed E-state index contributed by atoms with van der Waals surface area (Å²) in [7, 11) is 0. The topological polar surface area (TPSA) is 67.8 Å². The first-order valence-corrected chi connectivity index (χ1v) is 5.79. The van der Waals surface area contributed by atoms with Crippen molar-refractivity contribution >= 4 is 17.4 Å². The second-order valence-electron chi connectivity index (χ2n) is 3.81. The Labute approximate surface area is 118 Å². The number of hydrogen-bond donors (Lipinski definition) is 2. The van der Waals surface area contributed by atoms with E-state index in [9.17, 15) is 8.78 Å². The van der Waals surface area contributed by atoms with E-state index in [1.165, 1.54) is 18.2 Å². The molecule has 0 saturated heterocycles. The lowest BCUT2D eigenvalue weighted by Crippen LogP contribution is -2.13. The van der Waals surface area contributed by atoms with Gasteiger partial charge in [0, 0.05) is 5.56 Å². The SMILES string of the molecule is N/C(=N\O)c1ccc(Oc2ccc(F)cc2Cl)c(F)c1. The first-order chi connectivity index (χ1) is 9.51. The fourth-order valence-corrected chi connectivity index (χ4v) is 1.68. The number of amidine groups is 1. The van der Waals surface area contributed by atoms with Crippen LogP contribution in [-0.2, 0) is 0 Å². The Morgan fingerprint density at radius 2 is 1.85 bits per heavy atom. The van der Waals surface area contributed by atoms with Crippen molar-refractivity contribution < 1.29 is 18.7 Å². The van der Waals surface area contributed by atoms with Crippen LogP contribution in [0.25, 0.3) is 0 Å². The van der Waals surface area contributed by atoms with Crippen LogP contribution in [0.1, 0.15) is 5.56 Å². The van der Waals surface area contributed by atoms with Gasteiger partial charge >= 0.3 is 0 Å². The zero-order chi connectivity index (χ0) is 14.7. The maximum atomic E-state index is 13.8. The first kappa shape index (κ1) is 14.1. The lowest BCUT2D eigenvalue weighted by Gasteiger charge is -2.09. The summed E-state index contributed by atoms with van der Waals surface area (Å²) in [6, 6.07) is 7.23. The summed E-state index contributed by atoms with van der Waals surface area (Å²) in [6.07, 6.45) is 0. The number of nitrogens with two attached hydrogens (primary N) is 1. The molecule has 0 atom stereocenters. The molecule has 3 N–H and O–H groups in total. The molecule has 0 fully saturated rings. The fourth-order valence-electron chi connectivity index (χ4n) is 1.48. The van der Waals surface area contributed by atoms with Crippen molar-refractivity contribution in [2.24, 2.45) is 10.9 Å². The molecule has 0 aliphatic rings. The van der Waals surface area contributed by atoms with Crippen molar-refractivity contribution in [1.29, 1.82) is 0 Å². The molecule has 0 bridgehead atoms. The highest BCUT2D eigenvalue weighted by Crippen LogP contribution is 2.31. The van der Waals surface area contributed by atoms with Crippen molar-refractivity contribution in [3.63, 3.8) is 0 Å². The minimum absolute atomic E-state index is 0.0184. The monoisotopic (exact) mass is 298 g/mol. The summed E-state index contributed by atoms with van der Waals surface area (Å²) in [6.45, 7) is 0. The molecule has 2 rings (SSSR count). The van der Waals surface area contributed by atoms with Crippen LogP contribution < -0.4 is 10.5 Å². The molecule has 4 nitrogen and oxygen atoms in total. The lowest BCUT2D eigenvalue weighted by molar-refractivity contribution is 0.318. The van der Waals surface area contributed by atoms with Gasteiger partial charge in [-0.3, -0.25) is 0 Å². The van der Waals surface area contributed by atoms with Crippen LogP contribution in [0.15, 0.2) is 41.6 Å². The average molecular weight is 299 g/mol. The van der Waals surface area contributed by atoms with Crippen molar-refractivity contribution in [2.45, 2.75) is 0 Å². The van der Waals surface area contributed by atoms with Crippen LogP contribution in [0.4, 0.5) is 8.78 Å². The molecule has 0 spiro atoms. The Hall–Kier alpha value is -2.34. The quantitative estimate of drug-likeness (QED) is 0.394. The molecular weight excluding hydrogens is 290 g/mol. The van der Waals surface area contributed by atoms with Gasteiger partial charge in [0.05, 0.1) is 5.02 Å². The molecule has 104 valence electrons. The first-order valence-electron chi connectivity index (χ1n) is 5.41. The Kier molecular flexibility index (Phi) is 4.05. The fraction of sp³-hybridized carbons (Fsp3) is 0. The van der Waals surface area contributed by atoms with E-state index in [4.69, 9.17) is 27.3 Å². The molecule has 2 aromatic rings. The summed E-state index contributed by atoms with van der Waals surface area (Å²) in [5, 5.41) is 11.3. The Bertz CT molecular complexity index is 677. The van der Waals surface area contributed by atoms with Crippen LogP contribution >= 0.6 is 11.6 Å². The lowest BCUT2D eigenvalue weighted by atomic mass is 10.2. The van der Waals surface area contributed by atoms with Crippen LogP contribution in [0, 0.1) is 11.6 Å². The summed E-state index contributed by atoms with van der Waals surface area (Å²) in [4.78, 5) is 0. The smallest absolute Gasteiger partial charge is 0.170 e. The third-order valence-electron chi connectivity index (χ3n) is 2.45. The van der Waals surface area contributed by atoms with Gasteiger partial charge in [-0.25, -0.2) is 8.78 Å². The Morgan fingerprint density at radius 1 is 1.15 bits per heavy atom. The largest absolute Gasteiger partial charge is 0.453 e. The number of nitrogens with zero attached hydrogens (tertiary/aromatic N) is 1. The summed E-state index contributed by atoms with van der Waals surface area (Å²) in [5.41, 5.74) is 5.53. The van der Waals surface area contributed by atoms with Crippen molar-refractivity contribution in [3.05, 3.63) is 58.6 Å². The molecule has 0 aliphatic carbocycles. The normalized spacial score (nSPS) is 11.4. The summed E-state index contributed by atoms with van der Waals surface area (Å²) < 4.78 is 31.9.